The number of fused-ring (bicyclic) bond motifs is 2. The number of phenols is 2. The summed E-state index contributed by atoms with van der Waals surface area (Å²) in [6.07, 6.45) is 0. The molecule has 0 atom stereocenters. The Morgan fingerprint density at radius 1 is 0.625 bits per heavy atom. The quantitative estimate of drug-likeness (QED) is 0.636. The van der Waals surface area contributed by atoms with Crippen LogP contribution in [0.2, 0.25) is 0 Å². The van der Waals surface area contributed by atoms with E-state index in [9.17, 15) is 10.2 Å². The van der Waals surface area contributed by atoms with Gasteiger partial charge in [0.2, 0.25) is 0 Å². The highest BCUT2D eigenvalue weighted by Gasteiger charge is 2.17. The van der Waals surface area contributed by atoms with Gasteiger partial charge in [-0.05, 0) is 36.4 Å². The zero-order valence-electron chi connectivity index (χ0n) is 8.18. The second kappa shape index (κ2) is 3.64. The van der Waals surface area contributed by atoms with Gasteiger partial charge in [-0.2, -0.15) is 0 Å². The monoisotopic (exact) mass is 248 g/mol. The summed E-state index contributed by atoms with van der Waals surface area (Å²) in [5.74, 6) is 0.547. The van der Waals surface area contributed by atoms with Gasteiger partial charge < -0.3 is 10.2 Å². The van der Waals surface area contributed by atoms with Gasteiger partial charge in [-0.25, -0.2) is 0 Å². The summed E-state index contributed by atoms with van der Waals surface area (Å²) in [5.41, 5.74) is 0. The lowest BCUT2D eigenvalue weighted by Crippen LogP contribution is -1.88. The van der Waals surface area contributed by atoms with Crippen molar-refractivity contribution < 1.29 is 10.2 Å². The number of rotatable bonds is 0. The van der Waals surface area contributed by atoms with Gasteiger partial charge in [0, 0.05) is 19.6 Å². The molecule has 0 fully saturated rings. The average molecular weight is 248 g/mol. The first-order valence-corrected chi connectivity index (χ1v) is 6.37. The second-order valence-electron chi connectivity index (χ2n) is 3.47. The fraction of sp³-hybridized carbons (Fsp3) is 0. The number of hydrogen-bond donors (Lipinski definition) is 2. The summed E-state index contributed by atoms with van der Waals surface area (Å²) >= 11 is 3.23. The molecule has 0 unspecified atom stereocenters. The molecule has 0 aromatic heterocycles. The molecule has 1 aliphatic rings. The minimum absolute atomic E-state index is 0.274. The van der Waals surface area contributed by atoms with Crippen LogP contribution in [0.4, 0.5) is 0 Å². The summed E-state index contributed by atoms with van der Waals surface area (Å²) in [5, 5.41) is 18.8. The van der Waals surface area contributed by atoms with Crippen LogP contribution in [0.5, 0.6) is 11.5 Å². The van der Waals surface area contributed by atoms with Crippen LogP contribution in [0.1, 0.15) is 0 Å². The Labute approximate surface area is 101 Å². The molecule has 1 aliphatic heterocycles. The molecule has 2 aromatic carbocycles. The van der Waals surface area contributed by atoms with Crippen LogP contribution in [-0.2, 0) is 0 Å². The van der Waals surface area contributed by atoms with Gasteiger partial charge in [0.25, 0.3) is 0 Å². The van der Waals surface area contributed by atoms with Crippen molar-refractivity contribution in [3.05, 3.63) is 36.4 Å². The van der Waals surface area contributed by atoms with E-state index in [1.54, 1.807) is 47.8 Å². The second-order valence-corrected chi connectivity index (χ2v) is 5.63. The lowest BCUT2D eigenvalue weighted by molar-refractivity contribution is 0.473. The molecule has 4 heteroatoms. The molecule has 1 heterocycles. The molecular weight excluding hydrogens is 240 g/mol. The van der Waals surface area contributed by atoms with E-state index in [2.05, 4.69) is 0 Å². The molecule has 0 saturated carbocycles. The van der Waals surface area contributed by atoms with E-state index in [0.29, 0.717) is 0 Å². The van der Waals surface area contributed by atoms with E-state index in [4.69, 9.17) is 0 Å². The average Bonchev–Trinajstić information content (AvgIpc) is 2.26. The van der Waals surface area contributed by atoms with Crippen LogP contribution in [0, 0.1) is 0 Å². The summed E-state index contributed by atoms with van der Waals surface area (Å²) < 4.78 is 0. The third kappa shape index (κ3) is 1.64. The normalized spacial score (nSPS) is 13.0. The van der Waals surface area contributed by atoms with Crippen molar-refractivity contribution in [1.29, 1.82) is 0 Å². The van der Waals surface area contributed by atoms with Gasteiger partial charge in [0.1, 0.15) is 11.5 Å². The van der Waals surface area contributed by atoms with Crippen molar-refractivity contribution in [2.75, 3.05) is 0 Å². The molecule has 2 N–H and O–H groups in total. The van der Waals surface area contributed by atoms with Crippen molar-refractivity contribution in [2.24, 2.45) is 0 Å². The van der Waals surface area contributed by atoms with Crippen molar-refractivity contribution in [3.63, 3.8) is 0 Å². The van der Waals surface area contributed by atoms with Crippen LogP contribution in [0.15, 0.2) is 56.0 Å². The van der Waals surface area contributed by atoms with Crippen LogP contribution in [-0.4, -0.2) is 10.2 Å². The van der Waals surface area contributed by atoms with E-state index in [1.807, 2.05) is 12.1 Å². The molecule has 0 saturated heterocycles. The van der Waals surface area contributed by atoms with Gasteiger partial charge in [-0.3, -0.25) is 0 Å². The van der Waals surface area contributed by atoms with Crippen molar-refractivity contribution in [1.82, 2.24) is 0 Å². The first-order chi connectivity index (χ1) is 7.72. The van der Waals surface area contributed by atoms with Crippen molar-refractivity contribution >= 4 is 23.5 Å². The molecule has 0 bridgehead atoms. The number of phenolic OH excluding ortho intramolecular Hbond substituents is 2. The molecule has 0 aliphatic carbocycles. The summed E-state index contributed by atoms with van der Waals surface area (Å²) in [6.45, 7) is 0. The van der Waals surface area contributed by atoms with E-state index < -0.39 is 0 Å². The van der Waals surface area contributed by atoms with Crippen LogP contribution in [0.3, 0.4) is 0 Å². The smallest absolute Gasteiger partial charge is 0.116 e. The third-order valence-electron chi connectivity index (χ3n) is 2.29. The fourth-order valence-corrected chi connectivity index (χ4v) is 3.82. The predicted octanol–water partition coefficient (Wildman–Crippen LogP) is 3.71. The van der Waals surface area contributed by atoms with Crippen LogP contribution < -0.4 is 0 Å². The van der Waals surface area contributed by atoms with Gasteiger partial charge >= 0.3 is 0 Å². The van der Waals surface area contributed by atoms with Crippen LogP contribution >= 0.6 is 23.5 Å². The number of benzene rings is 2. The molecule has 2 nitrogen and oxygen atoms in total. The summed E-state index contributed by atoms with van der Waals surface area (Å²) in [4.78, 5) is 4.34. The van der Waals surface area contributed by atoms with Gasteiger partial charge in [-0.15, -0.1) is 0 Å². The minimum Gasteiger partial charge on any atom is -0.508 e. The predicted molar refractivity (Wildman–Crippen MR) is 64.5 cm³/mol. The zero-order chi connectivity index (χ0) is 11.1. The first-order valence-electron chi connectivity index (χ1n) is 4.74. The number of aromatic hydroxyl groups is 2. The van der Waals surface area contributed by atoms with Crippen molar-refractivity contribution in [3.8, 4) is 11.5 Å². The van der Waals surface area contributed by atoms with E-state index >= 15 is 0 Å². The molecular formula is C12H8O2S2. The topological polar surface area (TPSA) is 40.5 Å². The van der Waals surface area contributed by atoms with Gasteiger partial charge in [0.15, 0.2) is 0 Å². The Balaban J connectivity index is 2.10. The van der Waals surface area contributed by atoms with Gasteiger partial charge in [0.05, 0.1) is 0 Å². The van der Waals surface area contributed by atoms with E-state index in [1.165, 1.54) is 0 Å². The molecule has 2 aromatic rings. The lowest BCUT2D eigenvalue weighted by atomic mass is 10.3. The standard InChI is InChI=1S/C12H8O2S2/c13-7-1-3-9-11(5-7)16-12-6-8(14)2-4-10(12)15-9/h1-6,13-14H. The first kappa shape index (κ1) is 9.93. The summed E-state index contributed by atoms with van der Waals surface area (Å²) in [7, 11) is 0. The Bertz CT molecular complexity index is 517. The van der Waals surface area contributed by atoms with E-state index in [0.717, 1.165) is 19.6 Å². The molecule has 0 radical (unpaired) electrons. The largest absolute Gasteiger partial charge is 0.508 e. The Kier molecular flexibility index (Phi) is 2.26. The molecule has 3 rings (SSSR count). The van der Waals surface area contributed by atoms with E-state index in [-0.39, 0.29) is 11.5 Å². The third-order valence-corrected chi connectivity index (χ3v) is 4.82. The summed E-state index contributed by atoms with van der Waals surface area (Å²) in [6, 6.07) is 10.7. The Hall–Kier alpha value is -1.26. The molecule has 0 amide bonds. The maximum atomic E-state index is 9.42. The Morgan fingerprint density at radius 2 is 1.06 bits per heavy atom. The molecule has 80 valence electrons. The fourth-order valence-electron chi connectivity index (χ4n) is 1.56. The lowest BCUT2D eigenvalue weighted by Gasteiger charge is -2.18. The maximum Gasteiger partial charge on any atom is 0.116 e. The molecule has 16 heavy (non-hydrogen) atoms. The highest BCUT2D eigenvalue weighted by molar-refractivity contribution is 8.05. The Morgan fingerprint density at radius 3 is 1.56 bits per heavy atom. The van der Waals surface area contributed by atoms with Crippen LogP contribution in [0.25, 0.3) is 0 Å². The SMILES string of the molecule is Oc1ccc2c(c1)Sc1cc(O)ccc1S2. The van der Waals surface area contributed by atoms with Crippen molar-refractivity contribution in [2.45, 2.75) is 19.6 Å². The van der Waals surface area contributed by atoms with Gasteiger partial charge in [-0.1, -0.05) is 23.5 Å². The number of hydrogen-bond acceptors (Lipinski definition) is 4. The minimum atomic E-state index is 0.274. The highest BCUT2D eigenvalue weighted by atomic mass is 32.2. The highest BCUT2D eigenvalue weighted by Crippen LogP contribution is 2.49. The zero-order valence-corrected chi connectivity index (χ0v) is 9.81. The maximum absolute atomic E-state index is 9.42. The molecule has 0 spiro atoms.